The topological polar surface area (TPSA) is 99.6 Å². The van der Waals surface area contributed by atoms with Gasteiger partial charge in [-0.15, -0.1) is 0 Å². The summed E-state index contributed by atoms with van der Waals surface area (Å²) in [5.74, 6) is -0.321. The molecule has 23 heavy (non-hydrogen) atoms. The number of sulfonamides is 1. The fourth-order valence-corrected chi connectivity index (χ4v) is 4.15. The van der Waals surface area contributed by atoms with Crippen LogP contribution in [0.4, 0.5) is 5.82 Å². The Morgan fingerprint density at radius 1 is 1.26 bits per heavy atom. The number of hydrogen-bond acceptors (Lipinski definition) is 5. The molecule has 0 aliphatic rings. The molecule has 0 fully saturated rings. The SMILES string of the molecule is CC(C)N(C(C)C)S(=O)(=O)c1ccc(NCCCC(=O)O)nc1. The molecule has 1 aromatic heterocycles. The Bertz CT molecular complexity index is 604. The van der Waals surface area contributed by atoms with E-state index in [4.69, 9.17) is 5.11 Å². The molecule has 0 spiro atoms. The van der Waals surface area contributed by atoms with Gasteiger partial charge >= 0.3 is 5.97 Å². The number of anilines is 1. The van der Waals surface area contributed by atoms with Crippen LogP contribution >= 0.6 is 0 Å². The molecule has 8 heteroatoms. The lowest BCUT2D eigenvalue weighted by Crippen LogP contribution is -2.41. The van der Waals surface area contributed by atoms with Crippen LogP contribution in [0.25, 0.3) is 0 Å². The van der Waals surface area contributed by atoms with Crippen LogP contribution in [0.3, 0.4) is 0 Å². The largest absolute Gasteiger partial charge is 0.481 e. The summed E-state index contributed by atoms with van der Waals surface area (Å²) in [6.07, 6.45) is 1.88. The minimum atomic E-state index is -3.59. The van der Waals surface area contributed by atoms with E-state index in [9.17, 15) is 13.2 Å². The third kappa shape index (κ3) is 5.47. The maximum Gasteiger partial charge on any atom is 0.303 e. The van der Waals surface area contributed by atoms with E-state index in [0.717, 1.165) is 0 Å². The normalized spacial score (nSPS) is 12.1. The van der Waals surface area contributed by atoms with E-state index in [0.29, 0.717) is 18.8 Å². The van der Waals surface area contributed by atoms with Gasteiger partial charge in [0.2, 0.25) is 10.0 Å². The second-order valence-electron chi connectivity index (χ2n) is 5.83. The molecule has 0 radical (unpaired) electrons. The lowest BCUT2D eigenvalue weighted by molar-refractivity contribution is -0.137. The highest BCUT2D eigenvalue weighted by atomic mass is 32.2. The van der Waals surface area contributed by atoms with Gasteiger partial charge in [0.25, 0.3) is 0 Å². The van der Waals surface area contributed by atoms with Gasteiger partial charge in [0.1, 0.15) is 10.7 Å². The maximum absolute atomic E-state index is 12.7. The van der Waals surface area contributed by atoms with E-state index in [-0.39, 0.29) is 23.4 Å². The third-order valence-corrected chi connectivity index (χ3v) is 5.44. The summed E-state index contributed by atoms with van der Waals surface area (Å²) in [6.45, 7) is 7.81. The first kappa shape index (κ1) is 19.4. The molecule has 0 unspecified atom stereocenters. The van der Waals surface area contributed by atoms with Gasteiger partial charge in [0.15, 0.2) is 0 Å². The Morgan fingerprint density at radius 2 is 1.87 bits per heavy atom. The molecule has 0 aliphatic carbocycles. The lowest BCUT2D eigenvalue weighted by atomic mass is 10.3. The minimum absolute atomic E-state index is 0.0806. The molecule has 2 N–H and O–H groups in total. The molecule has 0 atom stereocenters. The van der Waals surface area contributed by atoms with Crippen molar-refractivity contribution in [3.05, 3.63) is 18.3 Å². The highest BCUT2D eigenvalue weighted by Crippen LogP contribution is 2.21. The lowest BCUT2D eigenvalue weighted by Gasteiger charge is -2.29. The first-order chi connectivity index (χ1) is 10.7. The van der Waals surface area contributed by atoms with Crippen LogP contribution in [-0.2, 0) is 14.8 Å². The Morgan fingerprint density at radius 3 is 2.30 bits per heavy atom. The molecule has 0 aromatic carbocycles. The zero-order valence-electron chi connectivity index (χ0n) is 14.0. The van der Waals surface area contributed by atoms with Crippen molar-refractivity contribution in [1.29, 1.82) is 0 Å². The number of carbonyl (C=O) groups is 1. The van der Waals surface area contributed by atoms with E-state index >= 15 is 0 Å². The van der Waals surface area contributed by atoms with Gasteiger partial charge in [0.05, 0.1) is 0 Å². The van der Waals surface area contributed by atoms with Crippen molar-refractivity contribution in [2.24, 2.45) is 0 Å². The van der Waals surface area contributed by atoms with Crippen molar-refractivity contribution in [2.45, 2.75) is 57.5 Å². The van der Waals surface area contributed by atoms with E-state index in [1.807, 2.05) is 27.7 Å². The third-order valence-electron chi connectivity index (χ3n) is 3.20. The van der Waals surface area contributed by atoms with Crippen LogP contribution < -0.4 is 5.32 Å². The van der Waals surface area contributed by atoms with Crippen molar-refractivity contribution in [1.82, 2.24) is 9.29 Å². The van der Waals surface area contributed by atoms with Gasteiger partial charge in [-0.1, -0.05) is 0 Å². The number of aliphatic carboxylic acids is 1. The Hall–Kier alpha value is -1.67. The Balaban J connectivity index is 2.80. The zero-order chi connectivity index (χ0) is 17.6. The number of nitrogens with zero attached hydrogens (tertiary/aromatic N) is 2. The molecule has 0 amide bonds. The van der Waals surface area contributed by atoms with Crippen molar-refractivity contribution < 1.29 is 18.3 Å². The highest BCUT2D eigenvalue weighted by molar-refractivity contribution is 7.89. The van der Waals surface area contributed by atoms with Crippen molar-refractivity contribution in [2.75, 3.05) is 11.9 Å². The number of carboxylic acids is 1. The minimum Gasteiger partial charge on any atom is -0.481 e. The number of hydrogen-bond donors (Lipinski definition) is 2. The standard InChI is InChI=1S/C15H25N3O4S/c1-11(2)18(12(3)4)23(21,22)13-7-8-14(17-10-13)16-9-5-6-15(19)20/h7-8,10-12H,5-6,9H2,1-4H3,(H,16,17)(H,19,20). The first-order valence-electron chi connectivity index (χ1n) is 7.61. The smallest absolute Gasteiger partial charge is 0.303 e. The fraction of sp³-hybridized carbons (Fsp3) is 0.600. The van der Waals surface area contributed by atoms with Crippen molar-refractivity contribution in [3.8, 4) is 0 Å². The molecule has 1 aromatic rings. The number of pyridine rings is 1. The first-order valence-corrected chi connectivity index (χ1v) is 9.05. The summed E-state index contributed by atoms with van der Waals surface area (Å²) >= 11 is 0. The molecule has 0 bridgehead atoms. The second kappa shape index (κ2) is 8.26. The van der Waals surface area contributed by atoms with Gasteiger partial charge in [-0.2, -0.15) is 4.31 Å². The van der Waals surface area contributed by atoms with Gasteiger partial charge in [-0.25, -0.2) is 13.4 Å². The molecule has 1 rings (SSSR count). The number of carboxylic acid groups (broad SMARTS) is 1. The summed E-state index contributed by atoms with van der Waals surface area (Å²) in [7, 11) is -3.59. The summed E-state index contributed by atoms with van der Waals surface area (Å²) in [6, 6.07) is 2.81. The van der Waals surface area contributed by atoms with Crippen LogP contribution in [0.15, 0.2) is 23.2 Å². The highest BCUT2D eigenvalue weighted by Gasteiger charge is 2.29. The number of rotatable bonds is 9. The second-order valence-corrected chi connectivity index (χ2v) is 7.67. The van der Waals surface area contributed by atoms with Crippen molar-refractivity contribution in [3.63, 3.8) is 0 Å². The molecule has 130 valence electrons. The maximum atomic E-state index is 12.7. The van der Waals surface area contributed by atoms with Crippen LogP contribution in [0, 0.1) is 0 Å². The average molecular weight is 343 g/mol. The molecule has 1 heterocycles. The molecule has 0 aliphatic heterocycles. The molecular formula is C15H25N3O4S. The van der Waals surface area contributed by atoms with E-state index in [1.165, 1.54) is 16.6 Å². The molecule has 0 saturated carbocycles. The molecule has 7 nitrogen and oxygen atoms in total. The van der Waals surface area contributed by atoms with Gasteiger partial charge in [-0.05, 0) is 46.2 Å². The predicted molar refractivity (Wildman–Crippen MR) is 88.9 cm³/mol. The van der Waals surface area contributed by atoms with E-state index < -0.39 is 16.0 Å². The molecule has 0 saturated heterocycles. The van der Waals surface area contributed by atoms with Crippen LogP contribution in [0.1, 0.15) is 40.5 Å². The molecular weight excluding hydrogens is 318 g/mol. The fourth-order valence-electron chi connectivity index (χ4n) is 2.37. The summed E-state index contributed by atoms with van der Waals surface area (Å²) in [5.41, 5.74) is 0. The van der Waals surface area contributed by atoms with E-state index in [1.54, 1.807) is 6.07 Å². The van der Waals surface area contributed by atoms with Crippen LogP contribution in [0.2, 0.25) is 0 Å². The monoisotopic (exact) mass is 343 g/mol. The van der Waals surface area contributed by atoms with Gasteiger partial charge in [0, 0.05) is 31.2 Å². The average Bonchev–Trinajstić information content (AvgIpc) is 2.42. The summed E-state index contributed by atoms with van der Waals surface area (Å²) < 4.78 is 26.8. The van der Waals surface area contributed by atoms with Crippen molar-refractivity contribution >= 4 is 21.8 Å². The van der Waals surface area contributed by atoms with Gasteiger partial charge in [-0.3, -0.25) is 4.79 Å². The summed E-state index contributed by atoms with van der Waals surface area (Å²) in [4.78, 5) is 14.7. The number of aromatic nitrogens is 1. The zero-order valence-corrected chi connectivity index (χ0v) is 14.8. The van der Waals surface area contributed by atoms with E-state index in [2.05, 4.69) is 10.3 Å². The van der Waals surface area contributed by atoms with Crippen LogP contribution in [0.5, 0.6) is 0 Å². The predicted octanol–water partition coefficient (Wildman–Crippen LogP) is 2.17. The summed E-state index contributed by atoms with van der Waals surface area (Å²) in [5, 5.41) is 11.5. The number of nitrogens with one attached hydrogen (secondary N) is 1. The van der Waals surface area contributed by atoms with Crippen LogP contribution in [-0.4, -0.2) is 47.4 Å². The quantitative estimate of drug-likeness (QED) is 0.667. The Labute approximate surface area is 137 Å². The van der Waals surface area contributed by atoms with Gasteiger partial charge < -0.3 is 10.4 Å². The Kier molecular flexibility index (Phi) is 6.96.